The predicted molar refractivity (Wildman–Crippen MR) is 92.9 cm³/mol. The number of anilines is 1. The van der Waals surface area contributed by atoms with Crippen LogP contribution in [0.3, 0.4) is 0 Å². The molecule has 0 radical (unpaired) electrons. The molecule has 0 atom stereocenters. The van der Waals surface area contributed by atoms with Crippen LogP contribution in [0.1, 0.15) is 0 Å². The lowest BCUT2D eigenvalue weighted by atomic mass is 10.2. The van der Waals surface area contributed by atoms with Gasteiger partial charge in [0.25, 0.3) is 5.69 Å². The number of aromatic nitrogens is 2. The van der Waals surface area contributed by atoms with E-state index >= 15 is 0 Å². The largest absolute Gasteiger partial charge is 0.442 e. The van der Waals surface area contributed by atoms with Gasteiger partial charge in [-0.25, -0.2) is 9.36 Å². The van der Waals surface area contributed by atoms with E-state index in [-0.39, 0.29) is 28.8 Å². The Balaban J connectivity index is 1.81. The zero-order valence-electron chi connectivity index (χ0n) is 13.1. The second-order valence-corrected chi connectivity index (χ2v) is 5.60. The third kappa shape index (κ3) is 3.62. The van der Waals surface area contributed by atoms with Gasteiger partial charge in [0.05, 0.1) is 15.6 Å². The first kappa shape index (κ1) is 17.4. The molecular formula is C16H11ClN4O5. The molecule has 132 valence electrons. The van der Waals surface area contributed by atoms with E-state index in [0.29, 0.717) is 5.56 Å². The molecule has 0 saturated carbocycles. The van der Waals surface area contributed by atoms with E-state index in [1.807, 2.05) is 0 Å². The minimum atomic E-state index is -0.784. The zero-order chi connectivity index (χ0) is 18.7. The first-order valence-electron chi connectivity index (χ1n) is 7.31. The third-order valence-corrected chi connectivity index (χ3v) is 3.77. The van der Waals surface area contributed by atoms with Gasteiger partial charge in [-0.05, 0) is 6.07 Å². The van der Waals surface area contributed by atoms with Crippen molar-refractivity contribution in [2.75, 3.05) is 5.32 Å². The number of nitrogens with one attached hydrogen (secondary N) is 1. The molecular weight excluding hydrogens is 364 g/mol. The van der Waals surface area contributed by atoms with Crippen LogP contribution in [0.4, 0.5) is 11.4 Å². The number of hydrogen-bond donors (Lipinski definition) is 1. The molecule has 0 spiro atoms. The number of amides is 1. The van der Waals surface area contributed by atoms with Crippen LogP contribution in [0.15, 0.2) is 57.8 Å². The summed E-state index contributed by atoms with van der Waals surface area (Å²) in [5, 5.41) is 16.9. The van der Waals surface area contributed by atoms with Gasteiger partial charge in [-0.2, -0.15) is 0 Å². The topological polar surface area (TPSA) is 120 Å². The molecule has 3 aromatic rings. The van der Waals surface area contributed by atoms with E-state index in [4.69, 9.17) is 11.6 Å². The van der Waals surface area contributed by atoms with Crippen LogP contribution in [-0.4, -0.2) is 20.6 Å². The van der Waals surface area contributed by atoms with Crippen LogP contribution in [0.2, 0.25) is 5.02 Å². The first-order valence-corrected chi connectivity index (χ1v) is 7.69. The van der Waals surface area contributed by atoms with Gasteiger partial charge in [0.15, 0.2) is 5.82 Å². The van der Waals surface area contributed by atoms with Crippen molar-refractivity contribution in [3.05, 3.63) is 74.2 Å². The summed E-state index contributed by atoms with van der Waals surface area (Å²) in [6, 6.07) is 12.4. The van der Waals surface area contributed by atoms with Gasteiger partial charge < -0.3 is 5.32 Å². The molecule has 3 rings (SSSR count). The monoisotopic (exact) mass is 374 g/mol. The fraction of sp³-hybridized carbons (Fsp3) is 0.0625. The Morgan fingerprint density at radius 2 is 2.00 bits per heavy atom. The number of rotatable bonds is 5. The van der Waals surface area contributed by atoms with Gasteiger partial charge in [-0.15, -0.1) is 0 Å². The summed E-state index contributed by atoms with van der Waals surface area (Å²) in [4.78, 5) is 34.2. The third-order valence-electron chi connectivity index (χ3n) is 3.46. The molecule has 0 aliphatic heterocycles. The van der Waals surface area contributed by atoms with Crippen LogP contribution in [0.5, 0.6) is 0 Å². The maximum atomic E-state index is 12.3. The lowest BCUT2D eigenvalue weighted by molar-refractivity contribution is -0.384. The van der Waals surface area contributed by atoms with Crippen molar-refractivity contribution < 1.29 is 14.2 Å². The standard InChI is InChI=1S/C16H11ClN4O5/c17-12-8-11(21(24)25)6-7-13(12)18-14(22)9-20-15(19-26-16(20)23)10-4-2-1-3-5-10/h1-8H,9H2,(H,18,22). The molecule has 1 aromatic heterocycles. The maximum absolute atomic E-state index is 12.3. The molecule has 2 aromatic carbocycles. The van der Waals surface area contributed by atoms with Crippen LogP contribution < -0.4 is 11.1 Å². The van der Waals surface area contributed by atoms with Crippen LogP contribution in [0.25, 0.3) is 11.4 Å². The molecule has 26 heavy (non-hydrogen) atoms. The molecule has 0 saturated heterocycles. The second kappa shape index (κ2) is 7.19. The Hall–Kier alpha value is -3.46. The summed E-state index contributed by atoms with van der Waals surface area (Å²) in [5.41, 5.74) is 0.599. The Bertz CT molecular complexity index is 1030. The van der Waals surface area contributed by atoms with Crippen LogP contribution in [-0.2, 0) is 11.3 Å². The molecule has 1 heterocycles. The lowest BCUT2D eigenvalue weighted by Gasteiger charge is -2.08. The minimum absolute atomic E-state index is 0.00787. The second-order valence-electron chi connectivity index (χ2n) is 5.19. The van der Waals surface area contributed by atoms with Crippen molar-refractivity contribution in [3.8, 4) is 11.4 Å². The molecule has 0 fully saturated rings. The molecule has 10 heteroatoms. The van der Waals surface area contributed by atoms with Gasteiger partial charge in [0, 0.05) is 17.7 Å². The summed E-state index contributed by atoms with van der Waals surface area (Å²) >= 11 is 5.94. The highest BCUT2D eigenvalue weighted by molar-refractivity contribution is 6.33. The Kier molecular flexibility index (Phi) is 4.81. The van der Waals surface area contributed by atoms with Crippen molar-refractivity contribution in [1.29, 1.82) is 0 Å². The number of carbonyl (C=O) groups excluding carboxylic acids is 1. The number of nitro benzene ring substituents is 1. The Morgan fingerprint density at radius 3 is 2.65 bits per heavy atom. The van der Waals surface area contributed by atoms with Crippen molar-refractivity contribution in [2.24, 2.45) is 0 Å². The number of nitro groups is 1. The van der Waals surface area contributed by atoms with E-state index in [0.717, 1.165) is 10.6 Å². The van der Waals surface area contributed by atoms with E-state index in [9.17, 15) is 19.7 Å². The number of hydrogen-bond acceptors (Lipinski definition) is 6. The highest BCUT2D eigenvalue weighted by atomic mass is 35.5. The first-order chi connectivity index (χ1) is 12.5. The van der Waals surface area contributed by atoms with E-state index < -0.39 is 16.6 Å². The van der Waals surface area contributed by atoms with Crippen molar-refractivity contribution in [1.82, 2.24) is 9.72 Å². The molecule has 9 nitrogen and oxygen atoms in total. The molecule has 0 aliphatic rings. The van der Waals surface area contributed by atoms with Gasteiger partial charge in [0.2, 0.25) is 5.91 Å². The van der Waals surface area contributed by atoms with Crippen molar-refractivity contribution >= 4 is 28.9 Å². The minimum Gasteiger partial charge on any atom is -0.323 e. The average Bonchev–Trinajstić information content (AvgIpc) is 2.98. The molecule has 0 unspecified atom stereocenters. The predicted octanol–water partition coefficient (Wildman–Crippen LogP) is 2.70. The lowest BCUT2D eigenvalue weighted by Crippen LogP contribution is -2.25. The normalized spacial score (nSPS) is 10.5. The highest BCUT2D eigenvalue weighted by Gasteiger charge is 2.17. The fourth-order valence-electron chi connectivity index (χ4n) is 2.25. The SMILES string of the molecule is O=C(Cn1c(-c2ccccc2)noc1=O)Nc1ccc([N+](=O)[O-])cc1Cl. The number of benzene rings is 2. The molecule has 1 amide bonds. The average molecular weight is 375 g/mol. The summed E-state index contributed by atoms with van der Waals surface area (Å²) in [5.74, 6) is -1.14. The van der Waals surface area contributed by atoms with Gasteiger partial charge >= 0.3 is 5.76 Å². The summed E-state index contributed by atoms with van der Waals surface area (Å²) in [7, 11) is 0. The van der Waals surface area contributed by atoms with Gasteiger partial charge in [-0.3, -0.25) is 19.4 Å². The number of nitrogens with zero attached hydrogens (tertiary/aromatic N) is 3. The smallest absolute Gasteiger partial charge is 0.323 e. The Labute approximate surface area is 150 Å². The quantitative estimate of drug-likeness (QED) is 0.541. The fourth-order valence-corrected chi connectivity index (χ4v) is 2.48. The highest BCUT2D eigenvalue weighted by Crippen LogP contribution is 2.26. The summed E-state index contributed by atoms with van der Waals surface area (Å²) in [6.07, 6.45) is 0. The number of halogens is 1. The number of non-ortho nitro benzene ring substituents is 1. The number of carbonyl (C=O) groups is 1. The molecule has 0 bridgehead atoms. The maximum Gasteiger partial charge on any atom is 0.442 e. The van der Waals surface area contributed by atoms with E-state index in [2.05, 4.69) is 15.0 Å². The summed E-state index contributed by atoms with van der Waals surface area (Å²) < 4.78 is 5.72. The van der Waals surface area contributed by atoms with Crippen molar-refractivity contribution in [3.63, 3.8) is 0 Å². The van der Waals surface area contributed by atoms with Crippen LogP contribution >= 0.6 is 11.6 Å². The van der Waals surface area contributed by atoms with Gasteiger partial charge in [-0.1, -0.05) is 47.1 Å². The molecule has 1 N–H and O–H groups in total. The summed E-state index contributed by atoms with van der Waals surface area (Å²) in [6.45, 7) is -0.361. The zero-order valence-corrected chi connectivity index (χ0v) is 13.8. The van der Waals surface area contributed by atoms with Crippen molar-refractivity contribution in [2.45, 2.75) is 6.54 Å². The van der Waals surface area contributed by atoms with E-state index in [1.165, 1.54) is 12.1 Å². The van der Waals surface area contributed by atoms with E-state index in [1.54, 1.807) is 30.3 Å². The Morgan fingerprint density at radius 1 is 1.27 bits per heavy atom. The molecule has 0 aliphatic carbocycles. The van der Waals surface area contributed by atoms with Crippen LogP contribution in [0, 0.1) is 10.1 Å². The van der Waals surface area contributed by atoms with Gasteiger partial charge in [0.1, 0.15) is 6.54 Å².